The SMILES string of the molecule is [2H]c1c([2H])c([2H])c(-c2nc(-c3ccc4oc5ccccc5c4c3)nc(-c3ccc4sc5c(-n6c7ccccc7c7ccccc76)cccc5c4c3)n2)c([2H])c1[2H]. The zero-order valence-electron chi connectivity index (χ0n) is 31.7. The Bertz CT molecular complexity index is 3380. The lowest BCUT2D eigenvalue weighted by molar-refractivity contribution is 0.669. The molecule has 0 fully saturated rings. The summed E-state index contributed by atoms with van der Waals surface area (Å²) < 4.78 is 53.2. The lowest BCUT2D eigenvalue weighted by Gasteiger charge is -2.09. The van der Waals surface area contributed by atoms with Crippen LogP contribution in [-0.2, 0) is 0 Å². The van der Waals surface area contributed by atoms with E-state index in [1.54, 1.807) is 11.3 Å². The molecule has 7 aromatic carbocycles. The molecule has 0 aliphatic heterocycles. The summed E-state index contributed by atoms with van der Waals surface area (Å²) in [5.74, 6) is 0.602. The van der Waals surface area contributed by atoms with Crippen LogP contribution in [0.2, 0.25) is 0 Å². The first kappa shape index (κ1) is 23.7. The van der Waals surface area contributed by atoms with Gasteiger partial charge in [0.1, 0.15) is 11.2 Å². The maximum absolute atomic E-state index is 8.77. The van der Waals surface area contributed by atoms with Gasteiger partial charge in [0, 0.05) is 53.7 Å². The van der Waals surface area contributed by atoms with Crippen molar-refractivity contribution in [2.45, 2.75) is 0 Å². The van der Waals surface area contributed by atoms with E-state index in [0.29, 0.717) is 28.4 Å². The van der Waals surface area contributed by atoms with Crippen LogP contribution >= 0.6 is 11.3 Å². The number of aromatic nitrogens is 4. The van der Waals surface area contributed by atoms with Gasteiger partial charge in [-0.1, -0.05) is 96.9 Å². The predicted molar refractivity (Wildman–Crippen MR) is 211 cm³/mol. The van der Waals surface area contributed by atoms with Crippen LogP contribution in [0.5, 0.6) is 0 Å². The van der Waals surface area contributed by atoms with E-state index in [1.165, 1.54) is 10.8 Å². The van der Waals surface area contributed by atoms with Crippen molar-refractivity contribution in [1.29, 1.82) is 0 Å². The predicted octanol–water partition coefficient (Wildman–Crippen LogP) is 12.2. The zero-order chi connectivity index (χ0) is 37.8. The number of nitrogens with zero attached hydrogens (tertiary/aromatic N) is 4. The van der Waals surface area contributed by atoms with Crippen LogP contribution in [0.25, 0.3) is 104 Å². The van der Waals surface area contributed by atoms with Gasteiger partial charge in [-0.05, 0) is 60.7 Å². The smallest absolute Gasteiger partial charge is 0.164 e. The molecule has 0 unspecified atom stereocenters. The molecule has 4 heterocycles. The minimum absolute atomic E-state index is 0.0110. The molecule has 11 aromatic rings. The maximum atomic E-state index is 8.77. The van der Waals surface area contributed by atoms with Crippen molar-refractivity contribution in [2.24, 2.45) is 0 Å². The number of fused-ring (bicyclic) bond motifs is 9. The third-order valence-electron chi connectivity index (χ3n) is 9.55. The number of hydrogen-bond acceptors (Lipinski definition) is 5. The molecular formula is C45H26N4OS. The van der Waals surface area contributed by atoms with E-state index in [9.17, 15) is 0 Å². The van der Waals surface area contributed by atoms with Gasteiger partial charge in [-0.15, -0.1) is 11.3 Å². The van der Waals surface area contributed by atoms with E-state index >= 15 is 0 Å². The summed E-state index contributed by atoms with van der Waals surface area (Å²) in [6.45, 7) is 0. The molecule has 0 radical (unpaired) electrons. The van der Waals surface area contributed by atoms with Crippen LogP contribution in [-0.4, -0.2) is 19.5 Å². The summed E-state index contributed by atoms with van der Waals surface area (Å²) in [4.78, 5) is 14.6. The first-order valence-electron chi connectivity index (χ1n) is 19.0. The van der Waals surface area contributed by atoms with Gasteiger partial charge in [-0.3, -0.25) is 0 Å². The van der Waals surface area contributed by atoms with Gasteiger partial charge in [-0.2, -0.15) is 0 Å². The highest BCUT2D eigenvalue weighted by Crippen LogP contribution is 2.42. The molecule has 0 atom stereocenters. The molecular weight excluding hydrogens is 645 g/mol. The van der Waals surface area contributed by atoms with Gasteiger partial charge in [0.15, 0.2) is 17.5 Å². The van der Waals surface area contributed by atoms with Crippen molar-refractivity contribution in [3.8, 4) is 39.9 Å². The largest absolute Gasteiger partial charge is 0.456 e. The minimum Gasteiger partial charge on any atom is -0.456 e. The highest BCUT2D eigenvalue weighted by atomic mass is 32.1. The van der Waals surface area contributed by atoms with Crippen molar-refractivity contribution >= 4 is 75.3 Å². The van der Waals surface area contributed by atoms with E-state index in [-0.39, 0.29) is 23.5 Å². The third-order valence-corrected chi connectivity index (χ3v) is 10.8. The fourth-order valence-electron chi connectivity index (χ4n) is 7.25. The Morgan fingerprint density at radius 1 is 0.490 bits per heavy atom. The molecule has 0 N–H and O–H groups in total. The molecule has 0 spiro atoms. The number of para-hydroxylation sites is 3. The average molecular weight is 676 g/mol. The topological polar surface area (TPSA) is 56.7 Å². The van der Waals surface area contributed by atoms with Gasteiger partial charge >= 0.3 is 0 Å². The summed E-state index contributed by atoms with van der Waals surface area (Å²) >= 11 is 1.73. The number of thiophene rings is 1. The van der Waals surface area contributed by atoms with Crippen LogP contribution in [0, 0.1) is 0 Å². The number of benzene rings is 7. The van der Waals surface area contributed by atoms with Crippen LogP contribution < -0.4 is 0 Å². The normalized spacial score (nSPS) is 13.3. The molecule has 0 aliphatic rings. The quantitative estimate of drug-likeness (QED) is 0.186. The zero-order valence-corrected chi connectivity index (χ0v) is 27.5. The Labute approximate surface area is 302 Å². The van der Waals surface area contributed by atoms with Gasteiger partial charge in [0.25, 0.3) is 0 Å². The fourth-order valence-corrected chi connectivity index (χ4v) is 8.44. The molecule has 4 aromatic heterocycles. The minimum atomic E-state index is -0.481. The highest BCUT2D eigenvalue weighted by Gasteiger charge is 2.18. The second-order valence-corrected chi connectivity index (χ2v) is 13.5. The van der Waals surface area contributed by atoms with Crippen molar-refractivity contribution in [2.75, 3.05) is 0 Å². The molecule has 0 aliphatic carbocycles. The molecule has 11 rings (SSSR count). The first-order chi connectivity index (χ1) is 27.3. The average Bonchev–Trinajstić information content (AvgIpc) is 3.91. The first-order valence-corrected chi connectivity index (χ1v) is 17.3. The summed E-state index contributed by atoms with van der Waals surface area (Å²) in [5, 5.41) is 6.34. The van der Waals surface area contributed by atoms with E-state index in [0.717, 1.165) is 53.2 Å². The standard InChI is InChI=1S/C45H26N4OS/c1-2-11-27(12-3-1)43-46-44(28-21-23-40-34(25-28)32-15-6-9-20-39(32)50-40)48-45(47-43)29-22-24-41-35(26-29)33-16-10-19-38(42(33)51-41)49-36-17-7-4-13-30(36)31-14-5-8-18-37(31)49/h1-26H/i1D,2D,3D,11D,12D. The van der Waals surface area contributed by atoms with E-state index in [4.69, 9.17) is 26.2 Å². The summed E-state index contributed by atoms with van der Waals surface area (Å²) in [5.41, 5.74) is 6.12. The van der Waals surface area contributed by atoms with E-state index < -0.39 is 18.1 Å². The van der Waals surface area contributed by atoms with Gasteiger partial charge in [-0.25, -0.2) is 15.0 Å². The summed E-state index contributed by atoms with van der Waals surface area (Å²) in [7, 11) is 0. The van der Waals surface area contributed by atoms with Crippen molar-refractivity contribution < 1.29 is 11.3 Å². The van der Waals surface area contributed by atoms with E-state index in [2.05, 4.69) is 83.4 Å². The van der Waals surface area contributed by atoms with Crippen molar-refractivity contribution in [3.05, 3.63) is 158 Å². The van der Waals surface area contributed by atoms with Crippen molar-refractivity contribution in [1.82, 2.24) is 19.5 Å². The van der Waals surface area contributed by atoms with Gasteiger partial charge in [0.05, 0.1) is 28.3 Å². The second kappa shape index (κ2) is 10.9. The Kier molecular flexibility index (Phi) is 5.08. The molecule has 0 saturated heterocycles. The monoisotopic (exact) mass is 675 g/mol. The van der Waals surface area contributed by atoms with Crippen LogP contribution in [0.1, 0.15) is 6.85 Å². The summed E-state index contributed by atoms with van der Waals surface area (Å²) in [6.07, 6.45) is 0. The lowest BCUT2D eigenvalue weighted by atomic mass is 10.1. The Balaban J connectivity index is 1.13. The lowest BCUT2D eigenvalue weighted by Crippen LogP contribution is -2.00. The fraction of sp³-hybridized carbons (Fsp3) is 0. The van der Waals surface area contributed by atoms with Gasteiger partial charge in [0.2, 0.25) is 0 Å². The number of rotatable bonds is 4. The maximum Gasteiger partial charge on any atom is 0.164 e. The molecule has 238 valence electrons. The third kappa shape index (κ3) is 4.37. The Morgan fingerprint density at radius 3 is 1.82 bits per heavy atom. The Hall–Kier alpha value is -6.63. The van der Waals surface area contributed by atoms with Crippen LogP contribution in [0.3, 0.4) is 0 Å². The molecule has 0 bridgehead atoms. The number of hydrogen-bond donors (Lipinski definition) is 0. The van der Waals surface area contributed by atoms with Crippen molar-refractivity contribution in [3.63, 3.8) is 0 Å². The van der Waals surface area contributed by atoms with Crippen LogP contribution in [0.4, 0.5) is 0 Å². The van der Waals surface area contributed by atoms with Crippen LogP contribution in [0.15, 0.2) is 162 Å². The second-order valence-electron chi connectivity index (χ2n) is 12.5. The summed E-state index contributed by atoms with van der Waals surface area (Å²) in [6, 6.07) is 40.8. The van der Waals surface area contributed by atoms with Gasteiger partial charge < -0.3 is 8.98 Å². The molecule has 0 saturated carbocycles. The Morgan fingerprint density at radius 2 is 1.08 bits per heavy atom. The highest BCUT2D eigenvalue weighted by molar-refractivity contribution is 7.26. The molecule has 5 nitrogen and oxygen atoms in total. The molecule has 51 heavy (non-hydrogen) atoms. The van der Waals surface area contributed by atoms with E-state index in [1.807, 2.05) is 48.5 Å². The molecule has 6 heteroatoms. The number of furan rings is 1. The molecule has 0 amide bonds.